The lowest BCUT2D eigenvalue weighted by Gasteiger charge is -2.29. The molecular weight excluding hydrogens is 260 g/mol. The van der Waals surface area contributed by atoms with Crippen LogP contribution in [0.4, 0.5) is 0 Å². The summed E-state index contributed by atoms with van der Waals surface area (Å²) in [5, 5.41) is 0. The number of rotatable bonds is 5. The molecule has 0 amide bonds. The average molecular weight is 282 g/mol. The number of hydrogen-bond donors (Lipinski definition) is 0. The van der Waals surface area contributed by atoms with Gasteiger partial charge in [-0.25, -0.2) is 0 Å². The first-order valence-electron chi connectivity index (χ1n) is 7.05. The van der Waals surface area contributed by atoms with E-state index in [9.17, 15) is 0 Å². The summed E-state index contributed by atoms with van der Waals surface area (Å²) < 4.78 is 0. The predicted octanol–water partition coefficient (Wildman–Crippen LogP) is 5.77. The predicted molar refractivity (Wildman–Crippen MR) is 91.5 cm³/mol. The Morgan fingerprint density at radius 1 is 1.05 bits per heavy atom. The van der Waals surface area contributed by atoms with E-state index in [2.05, 4.69) is 75.9 Å². The second-order valence-electron chi connectivity index (χ2n) is 5.35. The molecule has 0 nitrogen and oxygen atoms in total. The van der Waals surface area contributed by atoms with Crippen molar-refractivity contribution in [1.82, 2.24) is 0 Å². The molecule has 2 aromatic rings. The summed E-state index contributed by atoms with van der Waals surface area (Å²) in [5.41, 5.74) is 3.96. The summed E-state index contributed by atoms with van der Waals surface area (Å²) in [6.45, 7) is 10.7. The molecule has 0 saturated carbocycles. The monoisotopic (exact) mass is 282 g/mol. The summed E-state index contributed by atoms with van der Waals surface area (Å²) in [6.07, 6.45) is 1.96. The van der Waals surface area contributed by atoms with Gasteiger partial charge in [0.2, 0.25) is 0 Å². The summed E-state index contributed by atoms with van der Waals surface area (Å²) in [4.78, 5) is 1.36. The fourth-order valence-corrected chi connectivity index (χ4v) is 3.61. The number of thioether (sulfide) groups is 1. The van der Waals surface area contributed by atoms with Gasteiger partial charge in [-0.1, -0.05) is 82.0 Å². The molecule has 0 aromatic heterocycles. The molecule has 0 bridgehead atoms. The normalized spacial score (nSPS) is 11.3. The SMILES string of the molecule is C=Cc1cccc(C(C)(C)c2ccccc2)c1SCC. The van der Waals surface area contributed by atoms with Gasteiger partial charge in [-0.15, -0.1) is 11.8 Å². The molecule has 0 aliphatic carbocycles. The minimum Gasteiger partial charge on any atom is -0.126 e. The number of benzene rings is 2. The first-order valence-corrected chi connectivity index (χ1v) is 8.04. The maximum absolute atomic E-state index is 3.96. The fourth-order valence-electron chi connectivity index (χ4n) is 2.52. The molecule has 0 N–H and O–H groups in total. The van der Waals surface area contributed by atoms with Gasteiger partial charge in [0.25, 0.3) is 0 Å². The van der Waals surface area contributed by atoms with Crippen LogP contribution in [0.1, 0.15) is 37.5 Å². The Morgan fingerprint density at radius 3 is 2.35 bits per heavy atom. The Balaban J connectivity index is 2.59. The third kappa shape index (κ3) is 2.83. The molecular formula is C19H22S. The van der Waals surface area contributed by atoms with Gasteiger partial charge in [0.05, 0.1) is 0 Å². The van der Waals surface area contributed by atoms with E-state index in [1.54, 1.807) is 0 Å². The van der Waals surface area contributed by atoms with Crippen LogP contribution in [0, 0.1) is 0 Å². The van der Waals surface area contributed by atoms with Crippen LogP contribution in [0.5, 0.6) is 0 Å². The van der Waals surface area contributed by atoms with Crippen molar-refractivity contribution in [2.24, 2.45) is 0 Å². The molecule has 104 valence electrons. The standard InChI is InChI=1S/C19H22S/c1-5-15-11-10-14-17(18(15)20-6-2)19(3,4)16-12-8-7-9-13-16/h5,7-14H,1,6H2,2-4H3. The Morgan fingerprint density at radius 2 is 1.75 bits per heavy atom. The first-order chi connectivity index (χ1) is 9.61. The van der Waals surface area contributed by atoms with Gasteiger partial charge in [-0.2, -0.15) is 0 Å². The minimum absolute atomic E-state index is 0.00220. The molecule has 0 aliphatic heterocycles. The van der Waals surface area contributed by atoms with Gasteiger partial charge < -0.3 is 0 Å². The summed E-state index contributed by atoms with van der Waals surface area (Å²) in [6, 6.07) is 17.2. The summed E-state index contributed by atoms with van der Waals surface area (Å²) >= 11 is 1.90. The molecule has 2 aromatic carbocycles. The zero-order valence-electron chi connectivity index (χ0n) is 12.5. The van der Waals surface area contributed by atoms with E-state index in [4.69, 9.17) is 0 Å². The van der Waals surface area contributed by atoms with Gasteiger partial charge in [-0.05, 0) is 22.4 Å². The molecule has 20 heavy (non-hydrogen) atoms. The lowest BCUT2D eigenvalue weighted by atomic mass is 9.77. The Bertz CT molecular complexity index is 582. The molecule has 0 spiro atoms. The van der Waals surface area contributed by atoms with Crippen LogP contribution in [0.25, 0.3) is 6.08 Å². The van der Waals surface area contributed by atoms with Gasteiger partial charge in [-0.3, -0.25) is 0 Å². The number of hydrogen-bond acceptors (Lipinski definition) is 1. The highest BCUT2D eigenvalue weighted by atomic mass is 32.2. The Hall–Kier alpha value is -1.47. The van der Waals surface area contributed by atoms with Crippen LogP contribution >= 0.6 is 11.8 Å². The van der Waals surface area contributed by atoms with Gasteiger partial charge >= 0.3 is 0 Å². The van der Waals surface area contributed by atoms with Crippen LogP contribution in [0.15, 0.2) is 60.0 Å². The van der Waals surface area contributed by atoms with Gasteiger partial charge in [0, 0.05) is 10.3 Å². The molecule has 1 heteroatoms. The molecule has 0 heterocycles. The van der Waals surface area contributed by atoms with E-state index in [-0.39, 0.29) is 5.41 Å². The van der Waals surface area contributed by atoms with Crippen LogP contribution in [0.3, 0.4) is 0 Å². The van der Waals surface area contributed by atoms with Crippen molar-refractivity contribution in [2.75, 3.05) is 5.75 Å². The van der Waals surface area contributed by atoms with Gasteiger partial charge in [0.15, 0.2) is 0 Å². The van der Waals surface area contributed by atoms with Crippen molar-refractivity contribution in [3.05, 3.63) is 71.8 Å². The quantitative estimate of drug-likeness (QED) is 0.627. The maximum Gasteiger partial charge on any atom is 0.0185 e. The first kappa shape index (κ1) is 14.9. The van der Waals surface area contributed by atoms with E-state index in [0.29, 0.717) is 0 Å². The molecule has 0 atom stereocenters. The van der Waals surface area contributed by atoms with Crippen molar-refractivity contribution in [1.29, 1.82) is 0 Å². The zero-order chi connectivity index (χ0) is 14.6. The van der Waals surface area contributed by atoms with E-state index in [1.807, 2.05) is 17.8 Å². The van der Waals surface area contributed by atoms with Crippen molar-refractivity contribution >= 4 is 17.8 Å². The zero-order valence-corrected chi connectivity index (χ0v) is 13.3. The molecule has 0 unspecified atom stereocenters. The molecule has 2 rings (SSSR count). The van der Waals surface area contributed by atoms with Crippen LogP contribution < -0.4 is 0 Å². The average Bonchev–Trinajstić information content (AvgIpc) is 2.48. The van der Waals surface area contributed by atoms with E-state index < -0.39 is 0 Å². The maximum atomic E-state index is 3.96. The third-order valence-corrected chi connectivity index (χ3v) is 4.76. The van der Waals surface area contributed by atoms with Crippen LogP contribution in [0.2, 0.25) is 0 Å². The highest BCUT2D eigenvalue weighted by molar-refractivity contribution is 7.99. The third-order valence-electron chi connectivity index (χ3n) is 3.72. The smallest absolute Gasteiger partial charge is 0.0185 e. The molecule has 0 aliphatic rings. The lowest BCUT2D eigenvalue weighted by Crippen LogP contribution is -2.20. The minimum atomic E-state index is -0.00220. The van der Waals surface area contributed by atoms with E-state index in [0.717, 1.165) is 5.75 Å². The topological polar surface area (TPSA) is 0 Å². The lowest BCUT2D eigenvalue weighted by molar-refractivity contribution is 0.627. The van der Waals surface area contributed by atoms with E-state index >= 15 is 0 Å². The van der Waals surface area contributed by atoms with Gasteiger partial charge in [0.1, 0.15) is 0 Å². The van der Waals surface area contributed by atoms with Crippen LogP contribution in [-0.2, 0) is 5.41 Å². The van der Waals surface area contributed by atoms with Crippen LogP contribution in [-0.4, -0.2) is 5.75 Å². The second-order valence-corrected chi connectivity index (χ2v) is 6.63. The highest BCUT2D eigenvalue weighted by Gasteiger charge is 2.26. The Kier molecular flexibility index (Phi) is 4.72. The highest BCUT2D eigenvalue weighted by Crippen LogP contribution is 2.39. The molecule has 0 fully saturated rings. The summed E-state index contributed by atoms with van der Waals surface area (Å²) in [7, 11) is 0. The van der Waals surface area contributed by atoms with Crippen molar-refractivity contribution < 1.29 is 0 Å². The summed E-state index contributed by atoms with van der Waals surface area (Å²) in [5.74, 6) is 1.07. The van der Waals surface area contributed by atoms with E-state index in [1.165, 1.54) is 21.6 Å². The van der Waals surface area contributed by atoms with Crippen molar-refractivity contribution in [3.8, 4) is 0 Å². The molecule has 0 saturated heterocycles. The van der Waals surface area contributed by atoms with Crippen molar-refractivity contribution in [2.45, 2.75) is 31.1 Å². The Labute approximate surface area is 126 Å². The fraction of sp³-hybridized carbons (Fsp3) is 0.263. The molecule has 0 radical (unpaired) electrons. The van der Waals surface area contributed by atoms with Crippen molar-refractivity contribution in [3.63, 3.8) is 0 Å². The second kappa shape index (κ2) is 6.32. The largest absolute Gasteiger partial charge is 0.126 e.